The Hall–Kier alpha value is -1.54. The minimum absolute atomic E-state index is 0.644. The lowest BCUT2D eigenvalue weighted by molar-refractivity contribution is 0.419. The van der Waals surface area contributed by atoms with Gasteiger partial charge in [-0.2, -0.15) is 0 Å². The molecular formula is C15H17NO. The number of nitrogens with one attached hydrogen (secondary N) is 1. The first-order chi connectivity index (χ1) is 8.40. The normalized spacial score (nSPS) is 19.7. The van der Waals surface area contributed by atoms with Crippen LogP contribution in [0.2, 0.25) is 0 Å². The highest BCUT2D eigenvalue weighted by atomic mass is 16.5. The van der Waals surface area contributed by atoms with Crippen LogP contribution in [0.5, 0.6) is 5.75 Å². The molecule has 3 rings (SSSR count). The van der Waals surface area contributed by atoms with E-state index in [9.17, 15) is 0 Å². The first-order valence-corrected chi connectivity index (χ1v) is 6.16. The van der Waals surface area contributed by atoms with Crippen LogP contribution in [0.25, 0.3) is 10.8 Å². The average molecular weight is 227 g/mol. The molecule has 0 aliphatic carbocycles. The molecule has 1 N–H and O–H groups in total. The molecule has 0 radical (unpaired) electrons. The van der Waals surface area contributed by atoms with Gasteiger partial charge in [-0.3, -0.25) is 0 Å². The highest BCUT2D eigenvalue weighted by molar-refractivity contribution is 5.91. The van der Waals surface area contributed by atoms with Crippen LogP contribution in [-0.2, 0) is 0 Å². The minimum atomic E-state index is 0.644. The molecule has 2 heteroatoms. The summed E-state index contributed by atoms with van der Waals surface area (Å²) in [5.74, 6) is 1.61. The summed E-state index contributed by atoms with van der Waals surface area (Å²) in [5.41, 5.74) is 1.45. The van der Waals surface area contributed by atoms with Crippen LogP contribution in [0.1, 0.15) is 17.9 Å². The van der Waals surface area contributed by atoms with E-state index in [2.05, 4.69) is 41.7 Å². The van der Waals surface area contributed by atoms with Gasteiger partial charge < -0.3 is 10.1 Å². The fraction of sp³-hybridized carbons (Fsp3) is 0.333. The predicted octanol–water partition coefficient (Wildman–Crippen LogP) is 2.93. The van der Waals surface area contributed by atoms with Crippen LogP contribution in [0.15, 0.2) is 36.4 Å². The summed E-state index contributed by atoms with van der Waals surface area (Å²) in [6, 6.07) is 12.8. The Balaban J connectivity index is 2.19. The standard InChI is InChI=1S/C15H17NO/c1-17-15-7-6-12(11-8-9-16-10-11)13-4-2-3-5-14(13)15/h2-7,11,16H,8-10H2,1H3. The number of rotatable bonds is 2. The molecule has 1 atom stereocenters. The van der Waals surface area contributed by atoms with Gasteiger partial charge in [0.15, 0.2) is 0 Å². The lowest BCUT2D eigenvalue weighted by Crippen LogP contribution is -2.08. The molecule has 17 heavy (non-hydrogen) atoms. The second-order valence-corrected chi connectivity index (χ2v) is 4.59. The van der Waals surface area contributed by atoms with E-state index in [0.717, 1.165) is 18.8 Å². The monoisotopic (exact) mass is 227 g/mol. The molecular weight excluding hydrogens is 210 g/mol. The van der Waals surface area contributed by atoms with Crippen molar-refractivity contribution in [2.24, 2.45) is 0 Å². The number of ether oxygens (including phenoxy) is 1. The van der Waals surface area contributed by atoms with Crippen molar-refractivity contribution >= 4 is 10.8 Å². The molecule has 2 aromatic carbocycles. The third-order valence-electron chi connectivity index (χ3n) is 3.64. The van der Waals surface area contributed by atoms with E-state index in [1.165, 1.54) is 22.8 Å². The van der Waals surface area contributed by atoms with Gasteiger partial charge >= 0.3 is 0 Å². The summed E-state index contributed by atoms with van der Waals surface area (Å²) in [4.78, 5) is 0. The van der Waals surface area contributed by atoms with Gasteiger partial charge in [0.2, 0.25) is 0 Å². The van der Waals surface area contributed by atoms with Crippen LogP contribution < -0.4 is 10.1 Å². The molecule has 2 aromatic rings. The van der Waals surface area contributed by atoms with Gasteiger partial charge in [-0.15, -0.1) is 0 Å². The first kappa shape index (κ1) is 10.6. The summed E-state index contributed by atoms with van der Waals surface area (Å²) in [5, 5.41) is 5.99. The van der Waals surface area contributed by atoms with E-state index in [1.807, 2.05) is 0 Å². The fourth-order valence-electron chi connectivity index (χ4n) is 2.75. The molecule has 0 spiro atoms. The molecule has 1 fully saturated rings. The summed E-state index contributed by atoms with van der Waals surface area (Å²) in [6.07, 6.45) is 1.23. The zero-order valence-electron chi connectivity index (χ0n) is 10.1. The van der Waals surface area contributed by atoms with E-state index in [4.69, 9.17) is 4.74 Å². The average Bonchev–Trinajstić information content (AvgIpc) is 2.91. The van der Waals surface area contributed by atoms with Gasteiger partial charge in [0, 0.05) is 11.9 Å². The third-order valence-corrected chi connectivity index (χ3v) is 3.64. The molecule has 0 aromatic heterocycles. The smallest absolute Gasteiger partial charge is 0.126 e. The summed E-state index contributed by atoms with van der Waals surface area (Å²) < 4.78 is 5.43. The van der Waals surface area contributed by atoms with Gasteiger partial charge in [-0.1, -0.05) is 30.3 Å². The third kappa shape index (κ3) is 1.79. The van der Waals surface area contributed by atoms with Gasteiger partial charge in [-0.25, -0.2) is 0 Å². The van der Waals surface area contributed by atoms with Gasteiger partial charge in [0.05, 0.1) is 7.11 Å². The van der Waals surface area contributed by atoms with Gasteiger partial charge in [0.25, 0.3) is 0 Å². The minimum Gasteiger partial charge on any atom is -0.496 e. The van der Waals surface area contributed by atoms with Crippen molar-refractivity contribution < 1.29 is 4.74 Å². The number of hydrogen-bond acceptors (Lipinski definition) is 2. The molecule has 1 heterocycles. The van der Waals surface area contributed by atoms with E-state index >= 15 is 0 Å². The van der Waals surface area contributed by atoms with E-state index in [1.54, 1.807) is 7.11 Å². The van der Waals surface area contributed by atoms with E-state index in [0.29, 0.717) is 5.92 Å². The van der Waals surface area contributed by atoms with Crippen molar-refractivity contribution in [1.82, 2.24) is 5.32 Å². The Morgan fingerprint density at radius 2 is 1.94 bits per heavy atom. The Bertz CT molecular complexity index is 529. The van der Waals surface area contributed by atoms with Crippen molar-refractivity contribution in [1.29, 1.82) is 0 Å². The Labute approximate surface area is 102 Å². The van der Waals surface area contributed by atoms with Crippen LogP contribution in [-0.4, -0.2) is 20.2 Å². The van der Waals surface area contributed by atoms with Crippen molar-refractivity contribution in [3.63, 3.8) is 0 Å². The summed E-state index contributed by atoms with van der Waals surface area (Å²) in [7, 11) is 1.73. The molecule has 1 unspecified atom stereocenters. The second kappa shape index (κ2) is 4.38. The SMILES string of the molecule is COc1ccc(C2CCNC2)c2ccccc12. The van der Waals surface area contributed by atoms with Gasteiger partial charge in [0.1, 0.15) is 5.75 Å². The molecule has 1 aliphatic rings. The van der Waals surface area contributed by atoms with Crippen molar-refractivity contribution in [2.45, 2.75) is 12.3 Å². The van der Waals surface area contributed by atoms with Crippen molar-refractivity contribution in [3.8, 4) is 5.75 Å². The molecule has 1 aliphatic heterocycles. The maximum absolute atomic E-state index is 5.43. The van der Waals surface area contributed by atoms with Crippen molar-refractivity contribution in [3.05, 3.63) is 42.0 Å². The van der Waals surface area contributed by atoms with Crippen molar-refractivity contribution in [2.75, 3.05) is 20.2 Å². The van der Waals surface area contributed by atoms with Gasteiger partial charge in [-0.05, 0) is 35.9 Å². The fourth-order valence-corrected chi connectivity index (χ4v) is 2.75. The maximum atomic E-state index is 5.43. The molecule has 1 saturated heterocycles. The number of fused-ring (bicyclic) bond motifs is 1. The van der Waals surface area contributed by atoms with E-state index < -0.39 is 0 Å². The largest absolute Gasteiger partial charge is 0.496 e. The molecule has 0 amide bonds. The number of methoxy groups -OCH3 is 1. The lowest BCUT2D eigenvalue weighted by atomic mass is 9.92. The quantitative estimate of drug-likeness (QED) is 0.851. The Kier molecular flexibility index (Phi) is 2.73. The Morgan fingerprint density at radius 3 is 2.65 bits per heavy atom. The maximum Gasteiger partial charge on any atom is 0.126 e. The first-order valence-electron chi connectivity index (χ1n) is 6.16. The van der Waals surface area contributed by atoms with E-state index in [-0.39, 0.29) is 0 Å². The topological polar surface area (TPSA) is 21.3 Å². The van der Waals surface area contributed by atoms with Crippen LogP contribution >= 0.6 is 0 Å². The number of benzene rings is 2. The zero-order valence-corrected chi connectivity index (χ0v) is 10.1. The molecule has 2 nitrogen and oxygen atoms in total. The highest BCUT2D eigenvalue weighted by Gasteiger charge is 2.19. The highest BCUT2D eigenvalue weighted by Crippen LogP contribution is 2.34. The molecule has 88 valence electrons. The zero-order chi connectivity index (χ0) is 11.7. The van der Waals surface area contributed by atoms with Crippen LogP contribution in [0.4, 0.5) is 0 Å². The number of hydrogen-bond donors (Lipinski definition) is 1. The lowest BCUT2D eigenvalue weighted by Gasteiger charge is -2.14. The second-order valence-electron chi connectivity index (χ2n) is 4.59. The summed E-state index contributed by atoms with van der Waals surface area (Å²) in [6.45, 7) is 2.22. The molecule has 0 saturated carbocycles. The summed E-state index contributed by atoms with van der Waals surface area (Å²) >= 11 is 0. The van der Waals surface area contributed by atoms with Crippen LogP contribution in [0, 0.1) is 0 Å². The molecule has 0 bridgehead atoms. The van der Waals surface area contributed by atoms with Crippen LogP contribution in [0.3, 0.4) is 0 Å². The Morgan fingerprint density at radius 1 is 1.12 bits per heavy atom. The predicted molar refractivity (Wildman–Crippen MR) is 70.7 cm³/mol.